The third-order valence-corrected chi connectivity index (χ3v) is 2.85. The molecule has 16 heavy (non-hydrogen) atoms. The van der Waals surface area contributed by atoms with Gasteiger partial charge < -0.3 is 5.01 Å². The molecule has 0 aliphatic carbocycles. The van der Waals surface area contributed by atoms with Crippen molar-refractivity contribution < 1.29 is 0 Å². The van der Waals surface area contributed by atoms with Gasteiger partial charge in [0.15, 0.2) is 0 Å². The highest BCUT2D eigenvalue weighted by atomic mass is 15.5. The summed E-state index contributed by atoms with van der Waals surface area (Å²) < 4.78 is 0. The minimum Gasteiger partial charge on any atom is -0.304 e. The van der Waals surface area contributed by atoms with Crippen LogP contribution in [0.3, 0.4) is 0 Å². The first-order valence-corrected chi connectivity index (χ1v) is 5.91. The third kappa shape index (κ3) is 1.95. The molecule has 0 amide bonds. The molecule has 86 valence electrons. The van der Waals surface area contributed by atoms with Crippen molar-refractivity contribution in [2.45, 2.75) is 33.2 Å². The zero-order chi connectivity index (χ0) is 11.5. The van der Waals surface area contributed by atoms with E-state index in [4.69, 9.17) is 0 Å². The number of aromatic nitrogens is 1. The van der Waals surface area contributed by atoms with Gasteiger partial charge in [0.2, 0.25) is 0 Å². The number of rotatable bonds is 3. The Morgan fingerprint density at radius 3 is 3.00 bits per heavy atom. The summed E-state index contributed by atoms with van der Waals surface area (Å²) in [6.07, 6.45) is 5.10. The third-order valence-electron chi connectivity index (χ3n) is 2.85. The first-order chi connectivity index (χ1) is 7.74. The van der Waals surface area contributed by atoms with Crippen LogP contribution in [-0.2, 0) is 6.42 Å². The molecule has 0 unspecified atom stereocenters. The molecule has 1 aliphatic rings. The molecule has 0 saturated heterocycles. The predicted octanol–water partition coefficient (Wildman–Crippen LogP) is 2.21. The van der Waals surface area contributed by atoms with Crippen molar-refractivity contribution in [2.75, 3.05) is 6.54 Å². The maximum atomic E-state index is 4.51. The van der Waals surface area contributed by atoms with Crippen LogP contribution in [0, 0.1) is 0 Å². The predicted molar refractivity (Wildman–Crippen MR) is 66.6 cm³/mol. The summed E-state index contributed by atoms with van der Waals surface area (Å²) in [4.78, 5) is 4.51. The topological polar surface area (TPSA) is 28.2 Å². The van der Waals surface area contributed by atoms with Crippen LogP contribution in [0.15, 0.2) is 24.4 Å². The summed E-state index contributed by atoms with van der Waals surface area (Å²) in [6.45, 7) is 7.43. The molecular formula is C13H19N3. The van der Waals surface area contributed by atoms with Crippen molar-refractivity contribution in [2.24, 2.45) is 0 Å². The van der Waals surface area contributed by atoms with Crippen LogP contribution in [-0.4, -0.2) is 22.6 Å². The van der Waals surface area contributed by atoms with Gasteiger partial charge in [-0.1, -0.05) is 13.0 Å². The molecule has 1 aromatic rings. The zero-order valence-electron chi connectivity index (χ0n) is 10.2. The minimum atomic E-state index is 0.445. The van der Waals surface area contributed by atoms with Crippen LogP contribution >= 0.6 is 0 Å². The molecule has 3 heteroatoms. The van der Waals surface area contributed by atoms with E-state index in [0.717, 1.165) is 18.7 Å². The molecule has 0 radical (unpaired) electrons. The maximum Gasteiger partial charge on any atom is 0.0905 e. The molecule has 0 bridgehead atoms. The summed E-state index contributed by atoms with van der Waals surface area (Å²) >= 11 is 0. The van der Waals surface area contributed by atoms with E-state index < -0.39 is 0 Å². The molecule has 0 saturated carbocycles. The number of hydrazine groups is 1. The van der Waals surface area contributed by atoms with Gasteiger partial charge in [0.05, 0.1) is 11.4 Å². The monoisotopic (exact) mass is 217 g/mol. The first kappa shape index (κ1) is 11.1. The summed E-state index contributed by atoms with van der Waals surface area (Å²) in [7, 11) is 0. The van der Waals surface area contributed by atoms with Gasteiger partial charge in [-0.3, -0.25) is 4.98 Å². The Morgan fingerprint density at radius 2 is 2.31 bits per heavy atom. The number of nitrogens with one attached hydrogen (secondary N) is 1. The molecule has 0 aromatic carbocycles. The van der Waals surface area contributed by atoms with Crippen LogP contribution in [0.1, 0.15) is 32.0 Å². The van der Waals surface area contributed by atoms with Crippen molar-refractivity contribution in [3.8, 4) is 0 Å². The lowest BCUT2D eigenvalue weighted by Crippen LogP contribution is -2.37. The van der Waals surface area contributed by atoms with Crippen LogP contribution in [0.5, 0.6) is 0 Å². The van der Waals surface area contributed by atoms with E-state index in [2.05, 4.69) is 48.3 Å². The van der Waals surface area contributed by atoms with Crippen molar-refractivity contribution >= 4 is 5.70 Å². The van der Waals surface area contributed by atoms with Crippen LogP contribution in [0.2, 0.25) is 0 Å². The second-order valence-electron chi connectivity index (χ2n) is 4.28. The average molecular weight is 217 g/mol. The Morgan fingerprint density at radius 1 is 1.50 bits per heavy atom. The summed E-state index contributed by atoms with van der Waals surface area (Å²) in [5.74, 6) is 0. The van der Waals surface area contributed by atoms with Gasteiger partial charge in [-0.2, -0.15) is 0 Å². The number of pyridine rings is 1. The van der Waals surface area contributed by atoms with E-state index in [0.29, 0.717) is 6.04 Å². The average Bonchev–Trinajstić information content (AvgIpc) is 2.77. The lowest BCUT2D eigenvalue weighted by molar-refractivity contribution is 0.265. The van der Waals surface area contributed by atoms with Gasteiger partial charge in [-0.15, -0.1) is 0 Å². The van der Waals surface area contributed by atoms with E-state index in [9.17, 15) is 0 Å². The molecule has 0 spiro atoms. The molecule has 1 aliphatic heterocycles. The smallest absolute Gasteiger partial charge is 0.0905 e. The molecule has 2 rings (SSSR count). The number of nitrogens with zero attached hydrogens (tertiary/aromatic N) is 2. The quantitative estimate of drug-likeness (QED) is 0.841. The fourth-order valence-corrected chi connectivity index (χ4v) is 2.05. The highest BCUT2D eigenvalue weighted by Crippen LogP contribution is 2.24. The maximum absolute atomic E-state index is 4.51. The van der Waals surface area contributed by atoms with E-state index in [1.165, 1.54) is 11.3 Å². The van der Waals surface area contributed by atoms with Crippen molar-refractivity contribution in [1.82, 2.24) is 15.4 Å². The molecule has 2 heterocycles. The fourth-order valence-electron chi connectivity index (χ4n) is 2.05. The highest BCUT2D eigenvalue weighted by molar-refractivity contribution is 5.65. The van der Waals surface area contributed by atoms with Crippen LogP contribution in [0.4, 0.5) is 0 Å². The van der Waals surface area contributed by atoms with E-state index in [1.54, 1.807) is 0 Å². The SMILES string of the molecule is CCc1cccnc1C1=CCNN1C(C)C. The van der Waals surface area contributed by atoms with Gasteiger partial charge in [0.25, 0.3) is 0 Å². The van der Waals surface area contributed by atoms with Gasteiger partial charge in [0, 0.05) is 18.8 Å². The second-order valence-corrected chi connectivity index (χ2v) is 4.28. The lowest BCUT2D eigenvalue weighted by atomic mass is 10.1. The van der Waals surface area contributed by atoms with Crippen molar-refractivity contribution in [1.29, 1.82) is 0 Å². The van der Waals surface area contributed by atoms with Crippen LogP contribution < -0.4 is 5.43 Å². The Hall–Kier alpha value is -1.35. The van der Waals surface area contributed by atoms with Crippen molar-refractivity contribution in [3.63, 3.8) is 0 Å². The summed E-state index contributed by atoms with van der Waals surface area (Å²) in [5.41, 5.74) is 6.99. The largest absolute Gasteiger partial charge is 0.304 e. The normalized spacial score (nSPS) is 15.8. The fraction of sp³-hybridized carbons (Fsp3) is 0.462. The molecule has 0 fully saturated rings. The number of hydrogen-bond donors (Lipinski definition) is 1. The molecule has 3 nitrogen and oxygen atoms in total. The highest BCUT2D eigenvalue weighted by Gasteiger charge is 2.21. The Bertz CT molecular complexity index is 396. The van der Waals surface area contributed by atoms with Gasteiger partial charge >= 0.3 is 0 Å². The summed E-state index contributed by atoms with van der Waals surface area (Å²) in [6, 6.07) is 4.60. The number of hydrogen-bond acceptors (Lipinski definition) is 3. The lowest BCUT2D eigenvalue weighted by Gasteiger charge is -2.27. The Labute approximate surface area is 97.2 Å². The van der Waals surface area contributed by atoms with Crippen molar-refractivity contribution in [3.05, 3.63) is 35.7 Å². The molecule has 1 N–H and O–H groups in total. The second kappa shape index (κ2) is 4.66. The minimum absolute atomic E-state index is 0.445. The van der Waals surface area contributed by atoms with Gasteiger partial charge in [-0.05, 0) is 38.0 Å². The standard InChI is InChI=1S/C13H19N3/c1-4-11-6-5-8-14-13(11)12-7-9-15-16(12)10(2)3/h5-8,10,15H,4,9H2,1-3H3. The van der Waals surface area contributed by atoms with E-state index in [-0.39, 0.29) is 0 Å². The van der Waals surface area contributed by atoms with Gasteiger partial charge in [0.1, 0.15) is 0 Å². The molecular weight excluding hydrogens is 198 g/mol. The Kier molecular flexibility index (Phi) is 3.25. The Balaban J connectivity index is 2.36. The van der Waals surface area contributed by atoms with E-state index in [1.807, 2.05) is 12.3 Å². The van der Waals surface area contributed by atoms with Gasteiger partial charge in [-0.25, -0.2) is 5.43 Å². The first-order valence-electron chi connectivity index (χ1n) is 5.91. The number of aryl methyl sites for hydroxylation is 1. The zero-order valence-corrected chi connectivity index (χ0v) is 10.2. The van der Waals surface area contributed by atoms with E-state index >= 15 is 0 Å². The van der Waals surface area contributed by atoms with Crippen LogP contribution in [0.25, 0.3) is 5.70 Å². The molecule has 1 aromatic heterocycles. The molecule has 0 atom stereocenters. The summed E-state index contributed by atoms with van der Waals surface area (Å²) in [5, 5.41) is 2.20.